The third-order valence-corrected chi connectivity index (χ3v) is 2.51. The number of hydrogen-bond acceptors (Lipinski definition) is 3. The van der Waals surface area contributed by atoms with Crippen molar-refractivity contribution in [2.45, 2.75) is 6.92 Å². The molecule has 4 nitrogen and oxygen atoms in total. The van der Waals surface area contributed by atoms with Gasteiger partial charge in [-0.15, -0.1) is 0 Å². The number of nitrogens with zero attached hydrogens (tertiary/aromatic N) is 3. The molecule has 14 heavy (non-hydrogen) atoms. The molecule has 0 unspecified atom stereocenters. The summed E-state index contributed by atoms with van der Waals surface area (Å²) >= 11 is 3.29. The molecule has 0 aliphatic carbocycles. The van der Waals surface area contributed by atoms with E-state index in [1.54, 1.807) is 18.6 Å². The number of nitrogen functional groups attached to an aromatic ring is 1. The van der Waals surface area contributed by atoms with Crippen molar-refractivity contribution in [2.24, 2.45) is 0 Å². The van der Waals surface area contributed by atoms with Gasteiger partial charge < -0.3 is 5.73 Å². The first kappa shape index (κ1) is 9.21. The summed E-state index contributed by atoms with van der Waals surface area (Å²) in [6.45, 7) is 1.93. The van der Waals surface area contributed by atoms with Crippen LogP contribution in [0.5, 0.6) is 0 Å². The maximum absolute atomic E-state index is 5.74. The molecule has 0 amide bonds. The Bertz CT molecular complexity index is 464. The van der Waals surface area contributed by atoms with Gasteiger partial charge in [0.25, 0.3) is 0 Å². The first-order valence-electron chi connectivity index (χ1n) is 4.09. The predicted molar refractivity (Wildman–Crippen MR) is 58.2 cm³/mol. The summed E-state index contributed by atoms with van der Waals surface area (Å²) < 4.78 is 2.64. The van der Waals surface area contributed by atoms with Crippen LogP contribution in [0.4, 0.5) is 5.69 Å². The fourth-order valence-electron chi connectivity index (χ4n) is 1.13. The molecule has 2 N–H and O–H groups in total. The molecular formula is C9H9BrN4. The highest BCUT2D eigenvalue weighted by Crippen LogP contribution is 2.19. The molecule has 0 bridgehead atoms. The van der Waals surface area contributed by atoms with E-state index in [1.807, 2.05) is 17.7 Å². The van der Waals surface area contributed by atoms with Gasteiger partial charge in [-0.1, -0.05) is 0 Å². The Morgan fingerprint density at radius 2 is 2.21 bits per heavy atom. The second kappa shape index (κ2) is 3.42. The zero-order valence-corrected chi connectivity index (χ0v) is 9.19. The first-order valence-corrected chi connectivity index (χ1v) is 4.88. The van der Waals surface area contributed by atoms with Crippen molar-refractivity contribution in [3.63, 3.8) is 0 Å². The highest BCUT2D eigenvalue weighted by atomic mass is 79.9. The Labute approximate surface area is 89.9 Å². The molecule has 2 rings (SSSR count). The van der Waals surface area contributed by atoms with Crippen molar-refractivity contribution in [3.05, 3.63) is 35.0 Å². The van der Waals surface area contributed by atoms with Crippen molar-refractivity contribution < 1.29 is 0 Å². The van der Waals surface area contributed by atoms with E-state index in [0.717, 1.165) is 16.0 Å². The molecule has 0 aromatic carbocycles. The average Bonchev–Trinajstić information content (AvgIpc) is 2.57. The Morgan fingerprint density at radius 1 is 1.43 bits per heavy atom. The van der Waals surface area contributed by atoms with E-state index in [4.69, 9.17) is 5.73 Å². The lowest BCUT2D eigenvalue weighted by molar-refractivity contribution is 0.992. The van der Waals surface area contributed by atoms with Gasteiger partial charge in [0.1, 0.15) is 12.1 Å². The molecule has 0 atom stereocenters. The smallest absolute Gasteiger partial charge is 0.139 e. The molecule has 2 heterocycles. The molecule has 0 fully saturated rings. The van der Waals surface area contributed by atoms with E-state index in [2.05, 4.69) is 25.9 Å². The SMILES string of the molecule is Cc1cn(-c2cc(N)c(Br)cn2)cn1. The quantitative estimate of drug-likeness (QED) is 0.844. The van der Waals surface area contributed by atoms with Gasteiger partial charge in [0.15, 0.2) is 0 Å². The van der Waals surface area contributed by atoms with E-state index in [9.17, 15) is 0 Å². The highest BCUT2D eigenvalue weighted by molar-refractivity contribution is 9.10. The number of imidazole rings is 1. The lowest BCUT2D eigenvalue weighted by Crippen LogP contribution is -1.96. The molecule has 2 aromatic rings. The predicted octanol–water partition coefficient (Wildman–Crippen LogP) is 1.92. The number of hydrogen-bond donors (Lipinski definition) is 1. The van der Waals surface area contributed by atoms with Crippen LogP contribution in [-0.4, -0.2) is 14.5 Å². The average molecular weight is 253 g/mol. The lowest BCUT2D eigenvalue weighted by Gasteiger charge is -2.02. The minimum atomic E-state index is 0.668. The molecule has 0 aliphatic rings. The maximum atomic E-state index is 5.74. The van der Waals surface area contributed by atoms with E-state index in [-0.39, 0.29) is 0 Å². The van der Waals surface area contributed by atoms with Crippen LogP contribution >= 0.6 is 15.9 Å². The summed E-state index contributed by atoms with van der Waals surface area (Å²) in [5.41, 5.74) is 7.36. The monoisotopic (exact) mass is 252 g/mol. The summed E-state index contributed by atoms with van der Waals surface area (Å²) in [4.78, 5) is 8.33. The third kappa shape index (κ3) is 1.63. The number of pyridine rings is 1. The standard InChI is InChI=1S/C9H9BrN4/c1-6-4-14(5-13-6)9-2-8(11)7(10)3-12-9/h2-5H,1H3,(H2,11,12). The van der Waals surface area contributed by atoms with Gasteiger partial charge in [-0.25, -0.2) is 9.97 Å². The van der Waals surface area contributed by atoms with Crippen LogP contribution in [0.25, 0.3) is 5.82 Å². The van der Waals surface area contributed by atoms with Crippen LogP contribution < -0.4 is 5.73 Å². The summed E-state index contributed by atoms with van der Waals surface area (Å²) in [6, 6.07) is 1.80. The van der Waals surface area contributed by atoms with Crippen molar-refractivity contribution in [2.75, 3.05) is 5.73 Å². The summed E-state index contributed by atoms with van der Waals surface area (Å²) in [6.07, 6.45) is 5.29. The van der Waals surface area contributed by atoms with Crippen molar-refractivity contribution in [1.29, 1.82) is 0 Å². The molecule has 72 valence electrons. The number of rotatable bonds is 1. The molecular weight excluding hydrogens is 244 g/mol. The van der Waals surface area contributed by atoms with Crippen LogP contribution in [0.1, 0.15) is 5.69 Å². The van der Waals surface area contributed by atoms with Crippen LogP contribution in [0, 0.1) is 6.92 Å². The summed E-state index contributed by atoms with van der Waals surface area (Å²) in [7, 11) is 0. The Balaban J connectivity index is 2.47. The first-order chi connectivity index (χ1) is 6.66. The largest absolute Gasteiger partial charge is 0.398 e. The van der Waals surface area contributed by atoms with Gasteiger partial charge in [-0.3, -0.25) is 4.57 Å². The zero-order chi connectivity index (χ0) is 10.1. The molecule has 2 aromatic heterocycles. The number of anilines is 1. The van der Waals surface area contributed by atoms with E-state index in [0.29, 0.717) is 5.69 Å². The van der Waals surface area contributed by atoms with Crippen molar-refractivity contribution in [3.8, 4) is 5.82 Å². The summed E-state index contributed by atoms with van der Waals surface area (Å²) in [5.74, 6) is 0.770. The molecule has 5 heteroatoms. The summed E-state index contributed by atoms with van der Waals surface area (Å²) in [5, 5.41) is 0. The van der Waals surface area contributed by atoms with E-state index < -0.39 is 0 Å². The van der Waals surface area contributed by atoms with Crippen molar-refractivity contribution in [1.82, 2.24) is 14.5 Å². The van der Waals surface area contributed by atoms with Gasteiger partial charge >= 0.3 is 0 Å². The molecule has 0 radical (unpaired) electrons. The zero-order valence-electron chi connectivity index (χ0n) is 7.61. The minimum Gasteiger partial charge on any atom is -0.398 e. The number of aromatic nitrogens is 3. The molecule has 0 saturated heterocycles. The van der Waals surface area contributed by atoms with Gasteiger partial charge in [0.2, 0.25) is 0 Å². The van der Waals surface area contributed by atoms with E-state index in [1.165, 1.54) is 0 Å². The Morgan fingerprint density at radius 3 is 2.79 bits per heavy atom. The highest BCUT2D eigenvalue weighted by Gasteiger charge is 2.01. The van der Waals surface area contributed by atoms with Crippen LogP contribution in [-0.2, 0) is 0 Å². The second-order valence-corrected chi connectivity index (χ2v) is 3.84. The molecule has 0 aliphatic heterocycles. The van der Waals surface area contributed by atoms with Crippen LogP contribution in [0.15, 0.2) is 29.3 Å². The topological polar surface area (TPSA) is 56.7 Å². The fraction of sp³-hybridized carbons (Fsp3) is 0.111. The lowest BCUT2D eigenvalue weighted by atomic mass is 10.4. The second-order valence-electron chi connectivity index (χ2n) is 2.99. The molecule has 0 spiro atoms. The van der Waals surface area contributed by atoms with Gasteiger partial charge in [-0.2, -0.15) is 0 Å². The normalized spacial score (nSPS) is 10.4. The Hall–Kier alpha value is -1.36. The van der Waals surface area contributed by atoms with Gasteiger partial charge in [0.05, 0.1) is 15.9 Å². The van der Waals surface area contributed by atoms with E-state index >= 15 is 0 Å². The third-order valence-electron chi connectivity index (χ3n) is 1.85. The fourth-order valence-corrected chi connectivity index (χ4v) is 1.35. The number of aryl methyl sites for hydroxylation is 1. The van der Waals surface area contributed by atoms with Crippen LogP contribution in [0.2, 0.25) is 0 Å². The number of halogens is 1. The number of nitrogens with two attached hydrogens (primary N) is 1. The molecule has 0 saturated carbocycles. The van der Waals surface area contributed by atoms with Gasteiger partial charge in [0, 0.05) is 18.5 Å². The Kier molecular flexibility index (Phi) is 2.25. The minimum absolute atomic E-state index is 0.668. The van der Waals surface area contributed by atoms with Gasteiger partial charge in [-0.05, 0) is 22.9 Å². The van der Waals surface area contributed by atoms with Crippen molar-refractivity contribution >= 4 is 21.6 Å². The van der Waals surface area contributed by atoms with Crippen LogP contribution in [0.3, 0.4) is 0 Å². The maximum Gasteiger partial charge on any atom is 0.139 e.